The molecule has 1 aromatic carbocycles. The zero-order valence-corrected chi connectivity index (χ0v) is 12.6. The topological polar surface area (TPSA) is 75.9 Å². The van der Waals surface area contributed by atoms with Crippen LogP contribution in [0.25, 0.3) is 0 Å². The fraction of sp³-hybridized carbons (Fsp3) is 0.375. The quantitative estimate of drug-likeness (QED) is 0.539. The van der Waals surface area contributed by atoms with Gasteiger partial charge in [0, 0.05) is 11.6 Å². The maximum absolute atomic E-state index is 5.49. The van der Waals surface area contributed by atoms with Crippen LogP contribution >= 0.6 is 0 Å². The number of rotatable bonds is 7. The lowest BCUT2D eigenvalue weighted by atomic mass is 10.1. The molecule has 0 amide bonds. The van der Waals surface area contributed by atoms with Gasteiger partial charge in [0.2, 0.25) is 0 Å². The van der Waals surface area contributed by atoms with E-state index in [-0.39, 0.29) is 0 Å². The van der Waals surface area contributed by atoms with Crippen LogP contribution in [0.3, 0.4) is 0 Å². The van der Waals surface area contributed by atoms with E-state index in [9.17, 15) is 0 Å². The van der Waals surface area contributed by atoms with Gasteiger partial charge in [-0.3, -0.25) is 0 Å². The monoisotopic (exact) mass is 285 g/mol. The first-order valence-electron chi connectivity index (χ1n) is 7.35. The summed E-state index contributed by atoms with van der Waals surface area (Å²) in [5.41, 5.74) is 5.00. The van der Waals surface area contributed by atoms with E-state index in [4.69, 9.17) is 5.84 Å². The Morgan fingerprint density at radius 2 is 1.86 bits per heavy atom. The number of benzene rings is 1. The van der Waals surface area contributed by atoms with E-state index in [1.54, 1.807) is 0 Å². The van der Waals surface area contributed by atoms with Crippen LogP contribution in [-0.4, -0.2) is 16.0 Å². The van der Waals surface area contributed by atoms with Gasteiger partial charge in [0.05, 0.1) is 0 Å². The van der Waals surface area contributed by atoms with Crippen molar-refractivity contribution in [2.45, 2.75) is 39.2 Å². The summed E-state index contributed by atoms with van der Waals surface area (Å²) in [6.45, 7) is 4.24. The normalized spacial score (nSPS) is 12.0. The molecule has 2 aromatic rings. The second-order valence-corrected chi connectivity index (χ2v) is 5.12. The Hall–Kier alpha value is -2.14. The third kappa shape index (κ3) is 4.16. The van der Waals surface area contributed by atoms with Gasteiger partial charge >= 0.3 is 0 Å². The average Bonchev–Trinajstić information content (AvgIpc) is 2.53. The number of aromatic nitrogens is 2. The summed E-state index contributed by atoms with van der Waals surface area (Å²) in [6.07, 6.45) is 4.45. The van der Waals surface area contributed by atoms with Crippen molar-refractivity contribution in [1.29, 1.82) is 0 Å². The lowest BCUT2D eigenvalue weighted by Crippen LogP contribution is -2.20. The van der Waals surface area contributed by atoms with Crippen LogP contribution in [0.5, 0.6) is 0 Å². The van der Waals surface area contributed by atoms with Crippen LogP contribution in [0.15, 0.2) is 36.7 Å². The SMILES string of the molecule is CCc1c(NN)ncnc1NC(C)CCc1ccccc1. The van der Waals surface area contributed by atoms with Gasteiger partial charge in [0.15, 0.2) is 0 Å². The molecular formula is C16H23N5. The molecule has 0 aliphatic rings. The molecule has 5 nitrogen and oxygen atoms in total. The first-order chi connectivity index (χ1) is 10.2. The second-order valence-electron chi connectivity index (χ2n) is 5.12. The molecule has 5 heteroatoms. The molecule has 0 bridgehead atoms. The van der Waals surface area contributed by atoms with E-state index >= 15 is 0 Å². The Kier molecular flexibility index (Phi) is 5.51. The van der Waals surface area contributed by atoms with Crippen molar-refractivity contribution in [2.75, 3.05) is 10.7 Å². The minimum atomic E-state index is 0.330. The lowest BCUT2D eigenvalue weighted by molar-refractivity contribution is 0.701. The maximum Gasteiger partial charge on any atom is 0.148 e. The summed E-state index contributed by atoms with van der Waals surface area (Å²) in [6, 6.07) is 10.8. The Balaban J connectivity index is 1.98. The maximum atomic E-state index is 5.49. The highest BCUT2D eigenvalue weighted by Gasteiger charge is 2.11. The summed E-state index contributed by atoms with van der Waals surface area (Å²) in [5.74, 6) is 7.04. The molecule has 1 heterocycles. The molecule has 0 aliphatic heterocycles. The molecule has 1 aromatic heterocycles. The number of nitrogens with one attached hydrogen (secondary N) is 2. The van der Waals surface area contributed by atoms with Crippen LogP contribution in [0.2, 0.25) is 0 Å². The number of hydrogen-bond donors (Lipinski definition) is 3. The molecule has 0 radical (unpaired) electrons. The Morgan fingerprint density at radius 1 is 1.14 bits per heavy atom. The molecule has 1 atom stereocenters. The first kappa shape index (κ1) is 15.3. The number of anilines is 2. The van der Waals surface area contributed by atoms with E-state index < -0.39 is 0 Å². The summed E-state index contributed by atoms with van der Waals surface area (Å²) >= 11 is 0. The van der Waals surface area contributed by atoms with Crippen LogP contribution in [0.1, 0.15) is 31.4 Å². The van der Waals surface area contributed by atoms with Crippen LogP contribution in [0.4, 0.5) is 11.6 Å². The predicted molar refractivity (Wildman–Crippen MR) is 87.1 cm³/mol. The standard InChI is InChI=1S/C16H23N5/c1-3-14-15(18-11-19-16(14)21-17)20-12(2)9-10-13-7-5-4-6-8-13/h4-8,11-12H,3,9-10,17H2,1-2H3,(H2,18,19,20,21). The van der Waals surface area contributed by atoms with Crippen molar-refractivity contribution in [2.24, 2.45) is 5.84 Å². The summed E-state index contributed by atoms with van der Waals surface area (Å²) < 4.78 is 0. The smallest absolute Gasteiger partial charge is 0.148 e. The molecular weight excluding hydrogens is 262 g/mol. The Bertz CT molecular complexity index is 556. The minimum absolute atomic E-state index is 0.330. The van der Waals surface area contributed by atoms with Gasteiger partial charge in [-0.1, -0.05) is 37.3 Å². The van der Waals surface area contributed by atoms with Gasteiger partial charge < -0.3 is 10.7 Å². The van der Waals surface area contributed by atoms with E-state index in [1.807, 2.05) is 6.07 Å². The number of nitrogen functional groups attached to an aromatic ring is 1. The van der Waals surface area contributed by atoms with E-state index in [0.717, 1.165) is 30.6 Å². The molecule has 0 fully saturated rings. The Labute approximate surface area is 126 Å². The molecule has 112 valence electrons. The van der Waals surface area contributed by atoms with Gasteiger partial charge in [0.1, 0.15) is 18.0 Å². The van der Waals surface area contributed by atoms with Crippen molar-refractivity contribution in [3.63, 3.8) is 0 Å². The van der Waals surface area contributed by atoms with Crippen molar-refractivity contribution in [3.05, 3.63) is 47.8 Å². The summed E-state index contributed by atoms with van der Waals surface area (Å²) in [5, 5.41) is 3.46. The van der Waals surface area contributed by atoms with Crippen LogP contribution in [-0.2, 0) is 12.8 Å². The van der Waals surface area contributed by atoms with Crippen molar-refractivity contribution in [3.8, 4) is 0 Å². The first-order valence-corrected chi connectivity index (χ1v) is 7.35. The molecule has 0 saturated carbocycles. The van der Waals surface area contributed by atoms with Crippen molar-refractivity contribution >= 4 is 11.6 Å². The highest BCUT2D eigenvalue weighted by molar-refractivity contribution is 5.57. The van der Waals surface area contributed by atoms with Gasteiger partial charge in [-0.2, -0.15) is 0 Å². The van der Waals surface area contributed by atoms with Crippen LogP contribution < -0.4 is 16.6 Å². The molecule has 21 heavy (non-hydrogen) atoms. The number of hydrazine groups is 1. The highest BCUT2D eigenvalue weighted by atomic mass is 15.3. The van der Waals surface area contributed by atoms with E-state index in [1.165, 1.54) is 11.9 Å². The van der Waals surface area contributed by atoms with Crippen molar-refractivity contribution in [1.82, 2.24) is 9.97 Å². The predicted octanol–water partition coefficient (Wildman–Crippen LogP) is 2.76. The molecule has 0 saturated heterocycles. The molecule has 4 N–H and O–H groups in total. The summed E-state index contributed by atoms with van der Waals surface area (Å²) in [4.78, 5) is 8.48. The molecule has 0 aliphatic carbocycles. The minimum Gasteiger partial charge on any atom is -0.367 e. The zero-order chi connectivity index (χ0) is 15.1. The molecule has 1 unspecified atom stereocenters. The van der Waals surface area contributed by atoms with Crippen LogP contribution in [0, 0.1) is 0 Å². The van der Waals surface area contributed by atoms with Gasteiger partial charge in [-0.15, -0.1) is 0 Å². The number of hydrogen-bond acceptors (Lipinski definition) is 5. The average molecular weight is 285 g/mol. The second kappa shape index (κ2) is 7.59. The third-order valence-corrected chi connectivity index (χ3v) is 3.53. The largest absolute Gasteiger partial charge is 0.367 e. The highest BCUT2D eigenvalue weighted by Crippen LogP contribution is 2.21. The summed E-state index contributed by atoms with van der Waals surface area (Å²) in [7, 11) is 0. The molecule has 0 spiro atoms. The number of nitrogens with two attached hydrogens (primary N) is 1. The lowest BCUT2D eigenvalue weighted by Gasteiger charge is -2.18. The Morgan fingerprint density at radius 3 is 2.52 bits per heavy atom. The zero-order valence-electron chi connectivity index (χ0n) is 12.6. The van der Waals surface area contributed by atoms with E-state index in [0.29, 0.717) is 11.9 Å². The van der Waals surface area contributed by atoms with Gasteiger partial charge in [0.25, 0.3) is 0 Å². The number of nitrogens with zero attached hydrogens (tertiary/aromatic N) is 2. The van der Waals surface area contributed by atoms with Gasteiger partial charge in [-0.05, 0) is 31.7 Å². The molecule has 2 rings (SSSR count). The van der Waals surface area contributed by atoms with Crippen molar-refractivity contribution < 1.29 is 0 Å². The fourth-order valence-electron chi connectivity index (χ4n) is 2.33. The van der Waals surface area contributed by atoms with Gasteiger partial charge in [-0.25, -0.2) is 15.8 Å². The number of aryl methyl sites for hydroxylation is 1. The third-order valence-electron chi connectivity index (χ3n) is 3.53. The fourth-order valence-corrected chi connectivity index (χ4v) is 2.33. The van der Waals surface area contributed by atoms with E-state index in [2.05, 4.69) is 58.8 Å².